The molecule has 0 bridgehead atoms. The van der Waals surface area contributed by atoms with E-state index in [0.717, 1.165) is 0 Å². The summed E-state index contributed by atoms with van der Waals surface area (Å²) in [5, 5.41) is 12.8. The van der Waals surface area contributed by atoms with Gasteiger partial charge >= 0.3 is 6.18 Å². The Morgan fingerprint density at radius 1 is 1.09 bits per heavy atom. The van der Waals surface area contributed by atoms with E-state index >= 15 is 0 Å². The van der Waals surface area contributed by atoms with Crippen LogP contribution in [-0.2, 0) is 23.4 Å². The van der Waals surface area contributed by atoms with Gasteiger partial charge in [0.05, 0.1) is 30.6 Å². The van der Waals surface area contributed by atoms with Crippen molar-refractivity contribution in [3.63, 3.8) is 0 Å². The zero-order chi connectivity index (χ0) is 23.8. The van der Waals surface area contributed by atoms with Crippen LogP contribution in [-0.4, -0.2) is 38.7 Å². The second-order valence-electron chi connectivity index (χ2n) is 8.43. The summed E-state index contributed by atoms with van der Waals surface area (Å²) in [5.74, 6) is 0.412. The molecule has 1 aromatic carbocycles. The molecular weight excluding hydrogens is 435 g/mol. The van der Waals surface area contributed by atoms with Crippen LogP contribution >= 0.6 is 0 Å². The Bertz CT molecular complexity index is 1170. The summed E-state index contributed by atoms with van der Waals surface area (Å²) < 4.78 is 38.3. The number of amides is 1. The number of nitrogens with one attached hydrogen (secondary N) is 1. The maximum absolute atomic E-state index is 12.8. The Hall–Kier alpha value is -3.53. The fraction of sp³-hybridized carbons (Fsp3) is 0.304. The highest BCUT2D eigenvalue weighted by Gasteiger charge is 2.28. The lowest BCUT2D eigenvalue weighted by Crippen LogP contribution is -2.39. The molecule has 1 aliphatic heterocycles. The summed E-state index contributed by atoms with van der Waals surface area (Å²) in [6, 6.07) is 9.65. The van der Waals surface area contributed by atoms with Crippen molar-refractivity contribution in [3.8, 4) is 11.3 Å². The number of hydrogen-bond acceptors (Lipinski definition) is 6. The van der Waals surface area contributed by atoms with Crippen LogP contribution < -0.4 is 10.2 Å². The van der Waals surface area contributed by atoms with E-state index in [2.05, 4.69) is 20.3 Å². The molecule has 0 atom stereocenters. The van der Waals surface area contributed by atoms with Crippen LogP contribution in [0.15, 0.2) is 48.8 Å². The average Bonchev–Trinajstić information content (AvgIpc) is 2.72. The number of alkyl halides is 3. The first-order chi connectivity index (χ1) is 15.5. The van der Waals surface area contributed by atoms with E-state index in [1.165, 1.54) is 18.3 Å². The fourth-order valence-corrected chi connectivity index (χ4v) is 3.57. The first kappa shape index (κ1) is 22.7. The summed E-state index contributed by atoms with van der Waals surface area (Å²) >= 11 is 0. The third kappa shape index (κ3) is 5.46. The van der Waals surface area contributed by atoms with Gasteiger partial charge < -0.3 is 15.3 Å². The van der Waals surface area contributed by atoms with Crippen LogP contribution in [0.2, 0.25) is 0 Å². The van der Waals surface area contributed by atoms with Crippen molar-refractivity contribution in [1.82, 2.24) is 15.0 Å². The van der Waals surface area contributed by atoms with E-state index in [0.29, 0.717) is 28.3 Å². The van der Waals surface area contributed by atoms with Gasteiger partial charge in [0.2, 0.25) is 5.91 Å². The number of pyridine rings is 1. The molecule has 0 spiro atoms. The number of aromatic nitrogens is 3. The van der Waals surface area contributed by atoms with Gasteiger partial charge in [-0.2, -0.15) is 13.2 Å². The van der Waals surface area contributed by atoms with Crippen LogP contribution in [0.25, 0.3) is 11.3 Å². The molecule has 0 unspecified atom stereocenters. The molecular formula is C23H22F3N5O2. The quantitative estimate of drug-likeness (QED) is 0.605. The molecule has 0 saturated carbocycles. The van der Waals surface area contributed by atoms with Gasteiger partial charge in [0.15, 0.2) is 11.6 Å². The highest BCUT2D eigenvalue weighted by molar-refractivity contribution is 5.99. The highest BCUT2D eigenvalue weighted by Crippen LogP contribution is 2.30. The number of fused-ring (bicyclic) bond motifs is 1. The third-order valence-corrected chi connectivity index (χ3v) is 5.10. The third-order valence-electron chi connectivity index (χ3n) is 5.10. The van der Waals surface area contributed by atoms with Crippen molar-refractivity contribution in [3.05, 3.63) is 65.6 Å². The number of carbonyl (C=O) groups excluding carboxylic acids is 1. The van der Waals surface area contributed by atoms with Gasteiger partial charge in [-0.1, -0.05) is 24.3 Å². The first-order valence-electron chi connectivity index (χ1n) is 10.2. The molecule has 1 aliphatic rings. The number of carbonyl (C=O) groups is 1. The average molecular weight is 457 g/mol. The van der Waals surface area contributed by atoms with Crippen LogP contribution in [0, 0.1) is 0 Å². The number of halogens is 3. The minimum absolute atomic E-state index is 0.00940. The lowest BCUT2D eigenvalue weighted by Gasteiger charge is -2.29. The molecule has 3 heterocycles. The first-order valence-corrected chi connectivity index (χ1v) is 10.2. The van der Waals surface area contributed by atoms with Crippen molar-refractivity contribution in [2.75, 3.05) is 16.8 Å². The summed E-state index contributed by atoms with van der Waals surface area (Å²) in [6.07, 6.45) is -2.23. The van der Waals surface area contributed by atoms with Crippen molar-refractivity contribution in [1.29, 1.82) is 0 Å². The van der Waals surface area contributed by atoms with Gasteiger partial charge in [-0.25, -0.2) is 9.97 Å². The topological polar surface area (TPSA) is 91.2 Å². The van der Waals surface area contributed by atoms with Crippen LogP contribution in [0.3, 0.4) is 0 Å². The molecule has 172 valence electrons. The van der Waals surface area contributed by atoms with Crippen LogP contribution in [0.4, 0.5) is 24.8 Å². The fourth-order valence-electron chi connectivity index (χ4n) is 3.57. The van der Waals surface area contributed by atoms with Crippen molar-refractivity contribution in [2.45, 2.75) is 38.6 Å². The standard InChI is InChI=1S/C23H22F3N5O2/c1-22(2,33)18-7-6-16(10-27-18)17-11-28-20-21(29-17)31(13-19(32)30-20)12-15-5-3-4-14(8-15)9-23(24,25)26/h3-8,10-11,33H,9,12-13H2,1-2H3,(H,28,30,32). The monoisotopic (exact) mass is 457 g/mol. The summed E-state index contributed by atoms with van der Waals surface area (Å²) in [5.41, 5.74) is 1.38. The maximum atomic E-state index is 12.8. The molecule has 0 fully saturated rings. The predicted molar refractivity (Wildman–Crippen MR) is 116 cm³/mol. The highest BCUT2D eigenvalue weighted by atomic mass is 19.4. The Labute approximate surface area is 188 Å². The normalized spacial score (nSPS) is 14.1. The zero-order valence-corrected chi connectivity index (χ0v) is 18.0. The second-order valence-corrected chi connectivity index (χ2v) is 8.43. The molecule has 10 heteroatoms. The molecule has 4 rings (SSSR count). The maximum Gasteiger partial charge on any atom is 0.393 e. The van der Waals surface area contributed by atoms with Gasteiger partial charge in [0.1, 0.15) is 5.60 Å². The molecule has 2 N–H and O–H groups in total. The van der Waals surface area contributed by atoms with Gasteiger partial charge in [-0.05, 0) is 37.1 Å². The van der Waals surface area contributed by atoms with E-state index < -0.39 is 18.2 Å². The minimum Gasteiger partial charge on any atom is -0.384 e. The summed E-state index contributed by atoms with van der Waals surface area (Å²) in [4.78, 5) is 27.1. The number of anilines is 2. The van der Waals surface area contributed by atoms with E-state index in [1.54, 1.807) is 49.2 Å². The zero-order valence-electron chi connectivity index (χ0n) is 18.0. The van der Waals surface area contributed by atoms with Gasteiger partial charge in [-0.3, -0.25) is 9.78 Å². The van der Waals surface area contributed by atoms with Gasteiger partial charge in [-0.15, -0.1) is 0 Å². The number of aliphatic hydroxyl groups is 1. The van der Waals surface area contributed by atoms with E-state index in [4.69, 9.17) is 0 Å². The SMILES string of the molecule is CC(C)(O)c1ccc(-c2cnc3c(n2)N(Cc2cccc(CC(F)(F)F)c2)CC(=O)N3)cn1. The smallest absolute Gasteiger partial charge is 0.384 e. The molecule has 0 aliphatic carbocycles. The Kier molecular flexibility index (Phi) is 5.79. The van der Waals surface area contributed by atoms with Crippen molar-refractivity contribution >= 4 is 17.5 Å². The van der Waals surface area contributed by atoms with E-state index in [9.17, 15) is 23.1 Å². The molecule has 1 amide bonds. The molecule has 0 radical (unpaired) electrons. The number of nitrogens with zero attached hydrogens (tertiary/aromatic N) is 4. The Morgan fingerprint density at radius 3 is 2.52 bits per heavy atom. The van der Waals surface area contributed by atoms with E-state index in [-0.39, 0.29) is 30.4 Å². The van der Waals surface area contributed by atoms with Gasteiger partial charge in [0, 0.05) is 18.3 Å². The Balaban J connectivity index is 1.63. The van der Waals surface area contributed by atoms with Crippen LogP contribution in [0.5, 0.6) is 0 Å². The molecule has 2 aromatic heterocycles. The lowest BCUT2D eigenvalue weighted by atomic mass is 10.0. The number of benzene rings is 1. The summed E-state index contributed by atoms with van der Waals surface area (Å²) in [7, 11) is 0. The second kappa shape index (κ2) is 8.43. The predicted octanol–water partition coefficient (Wildman–Crippen LogP) is 3.83. The minimum atomic E-state index is -4.30. The van der Waals surface area contributed by atoms with Crippen LogP contribution in [0.1, 0.15) is 30.7 Å². The van der Waals surface area contributed by atoms with Crippen molar-refractivity contribution in [2.24, 2.45) is 0 Å². The molecule has 0 saturated heterocycles. The van der Waals surface area contributed by atoms with E-state index in [1.807, 2.05) is 0 Å². The largest absolute Gasteiger partial charge is 0.393 e. The summed E-state index contributed by atoms with van der Waals surface area (Å²) in [6.45, 7) is 3.46. The van der Waals surface area contributed by atoms with Gasteiger partial charge in [0.25, 0.3) is 0 Å². The number of hydrogen-bond donors (Lipinski definition) is 2. The Morgan fingerprint density at radius 2 is 1.85 bits per heavy atom. The number of rotatable bonds is 5. The molecule has 7 nitrogen and oxygen atoms in total. The molecule has 33 heavy (non-hydrogen) atoms. The van der Waals surface area contributed by atoms with Crippen molar-refractivity contribution < 1.29 is 23.1 Å². The molecule has 3 aromatic rings. The lowest BCUT2D eigenvalue weighted by molar-refractivity contribution is -0.127.